The minimum Gasteiger partial charge on any atom is -0.463 e. The molecule has 3 rings (SSSR count). The Hall–Kier alpha value is -2.09. The third kappa shape index (κ3) is 2.05. The lowest BCUT2D eigenvalue weighted by molar-refractivity contribution is -0.166. The van der Waals surface area contributed by atoms with Crippen molar-refractivity contribution in [1.29, 1.82) is 0 Å². The number of ketones is 1. The van der Waals surface area contributed by atoms with Crippen LogP contribution in [0.1, 0.15) is 29.8 Å². The molecule has 0 bridgehead atoms. The Bertz CT molecular complexity index is 730. The Morgan fingerprint density at radius 1 is 1.29 bits per heavy atom. The quantitative estimate of drug-likeness (QED) is 0.598. The van der Waals surface area contributed by atoms with Gasteiger partial charge in [0.2, 0.25) is 11.5 Å². The highest BCUT2D eigenvalue weighted by molar-refractivity contribution is 6.18. The van der Waals surface area contributed by atoms with E-state index in [1.165, 1.54) is 19.1 Å². The van der Waals surface area contributed by atoms with Crippen LogP contribution in [0.3, 0.4) is 0 Å². The molecule has 3 atom stereocenters. The van der Waals surface area contributed by atoms with Gasteiger partial charge in [0.25, 0.3) is 0 Å². The van der Waals surface area contributed by atoms with Gasteiger partial charge in [-0.25, -0.2) is 0 Å². The van der Waals surface area contributed by atoms with Gasteiger partial charge in [0.15, 0.2) is 5.60 Å². The van der Waals surface area contributed by atoms with Gasteiger partial charge in [-0.2, -0.15) is 0 Å². The molecule has 128 valence electrons. The molecule has 1 heterocycles. The average Bonchev–Trinajstić information content (AvgIpc) is 2.87. The first-order valence-corrected chi connectivity index (χ1v) is 7.77. The van der Waals surface area contributed by atoms with Gasteiger partial charge < -0.3 is 19.7 Å². The Labute approximate surface area is 138 Å². The zero-order chi connectivity index (χ0) is 17.5. The number of ether oxygens (including phenoxy) is 2. The van der Waals surface area contributed by atoms with Crippen LogP contribution < -0.4 is 0 Å². The number of hydrogen-bond donors (Lipinski definition) is 2. The summed E-state index contributed by atoms with van der Waals surface area (Å²) in [6.07, 6.45) is 0. The largest absolute Gasteiger partial charge is 0.463 e. The van der Waals surface area contributed by atoms with Crippen molar-refractivity contribution in [2.24, 2.45) is 10.9 Å². The smallest absolute Gasteiger partial charge is 0.318 e. The third-order valence-corrected chi connectivity index (χ3v) is 4.51. The van der Waals surface area contributed by atoms with Gasteiger partial charge >= 0.3 is 5.97 Å². The molecule has 1 aromatic carbocycles. The molecular weight excluding hydrogens is 314 g/mol. The molecule has 1 aliphatic carbocycles. The molecule has 2 aliphatic rings. The minimum absolute atomic E-state index is 0.00784. The van der Waals surface area contributed by atoms with Crippen LogP contribution in [0.5, 0.6) is 0 Å². The number of aliphatic imine (C=N–C) groups is 1. The summed E-state index contributed by atoms with van der Waals surface area (Å²) in [5.74, 6) is -2.90. The number of carbonyl (C=O) groups is 2. The maximum absolute atomic E-state index is 12.7. The fourth-order valence-electron chi connectivity index (χ4n) is 3.42. The van der Waals surface area contributed by atoms with Gasteiger partial charge in [0, 0.05) is 23.4 Å². The predicted molar refractivity (Wildman–Crippen MR) is 83.7 cm³/mol. The van der Waals surface area contributed by atoms with Gasteiger partial charge in [-0.1, -0.05) is 24.3 Å². The molecule has 7 heteroatoms. The Morgan fingerprint density at radius 2 is 2.00 bits per heavy atom. The number of hydrogen-bond acceptors (Lipinski definition) is 7. The van der Waals surface area contributed by atoms with Crippen molar-refractivity contribution < 1.29 is 29.3 Å². The standard InChI is InChI=1S/C17H19NO6/c1-3-23-8-9-24-15(20)13-10(2)18-17(22)12-7-5-4-6-11(12)14(19)16(13,17)21/h4-7,13,21-22H,3,8-9H2,1-2H3/t13-,16+,17+/m1/s1. The number of rotatable bonds is 5. The molecule has 7 nitrogen and oxygen atoms in total. The Kier molecular flexibility index (Phi) is 4.03. The first-order valence-electron chi connectivity index (χ1n) is 7.77. The number of carbonyl (C=O) groups excluding carboxylic acids is 2. The lowest BCUT2D eigenvalue weighted by Gasteiger charge is -2.31. The zero-order valence-corrected chi connectivity index (χ0v) is 13.5. The van der Waals surface area contributed by atoms with Crippen molar-refractivity contribution in [2.45, 2.75) is 25.2 Å². The first kappa shape index (κ1) is 16.8. The normalized spacial score (nSPS) is 30.8. The molecule has 0 fully saturated rings. The van der Waals surface area contributed by atoms with Gasteiger partial charge in [-0.05, 0) is 13.8 Å². The van der Waals surface area contributed by atoms with E-state index in [0.717, 1.165) is 0 Å². The Balaban J connectivity index is 1.94. The average molecular weight is 333 g/mol. The van der Waals surface area contributed by atoms with E-state index >= 15 is 0 Å². The molecule has 0 radical (unpaired) electrons. The monoisotopic (exact) mass is 333 g/mol. The summed E-state index contributed by atoms with van der Waals surface area (Å²) in [6, 6.07) is 6.27. The molecular formula is C17H19NO6. The Morgan fingerprint density at radius 3 is 2.71 bits per heavy atom. The topological polar surface area (TPSA) is 105 Å². The summed E-state index contributed by atoms with van der Waals surface area (Å²) >= 11 is 0. The second kappa shape index (κ2) is 5.77. The second-order valence-corrected chi connectivity index (χ2v) is 5.86. The van der Waals surface area contributed by atoms with E-state index in [4.69, 9.17) is 9.47 Å². The molecule has 0 unspecified atom stereocenters. The summed E-state index contributed by atoms with van der Waals surface area (Å²) in [6.45, 7) is 3.98. The summed E-state index contributed by atoms with van der Waals surface area (Å²) in [5.41, 5.74) is -4.05. The summed E-state index contributed by atoms with van der Waals surface area (Å²) in [7, 11) is 0. The molecule has 0 amide bonds. The zero-order valence-electron chi connectivity index (χ0n) is 13.5. The molecule has 0 aromatic heterocycles. The number of aliphatic hydroxyl groups is 2. The van der Waals surface area contributed by atoms with Crippen LogP contribution in [0, 0.1) is 5.92 Å². The van der Waals surface area contributed by atoms with E-state index in [-0.39, 0.29) is 30.1 Å². The lowest BCUT2D eigenvalue weighted by Crippen LogP contribution is -2.56. The van der Waals surface area contributed by atoms with Crippen LogP contribution in [0.25, 0.3) is 0 Å². The second-order valence-electron chi connectivity index (χ2n) is 5.86. The summed E-state index contributed by atoms with van der Waals surface area (Å²) < 4.78 is 10.2. The van der Waals surface area contributed by atoms with E-state index < -0.39 is 29.0 Å². The number of benzene rings is 1. The van der Waals surface area contributed by atoms with Crippen molar-refractivity contribution in [1.82, 2.24) is 0 Å². The van der Waals surface area contributed by atoms with E-state index in [1.54, 1.807) is 12.1 Å². The molecule has 1 aromatic rings. The molecule has 1 aliphatic heterocycles. The van der Waals surface area contributed by atoms with Gasteiger partial charge in [-0.15, -0.1) is 0 Å². The van der Waals surface area contributed by atoms with Gasteiger partial charge in [0.05, 0.1) is 6.61 Å². The van der Waals surface area contributed by atoms with Crippen molar-refractivity contribution in [3.8, 4) is 0 Å². The third-order valence-electron chi connectivity index (χ3n) is 4.51. The number of Topliss-reactive ketones (excluding diaryl/α,β-unsaturated/α-hetero) is 1. The van der Waals surface area contributed by atoms with Crippen LogP contribution in [-0.2, 0) is 20.0 Å². The highest BCUT2D eigenvalue weighted by Gasteiger charge is 2.72. The highest BCUT2D eigenvalue weighted by Crippen LogP contribution is 2.53. The highest BCUT2D eigenvalue weighted by atomic mass is 16.6. The molecule has 2 N–H and O–H groups in total. The fraction of sp³-hybridized carbons (Fsp3) is 0.471. The van der Waals surface area contributed by atoms with E-state index in [1.807, 2.05) is 6.92 Å². The van der Waals surface area contributed by atoms with Crippen LogP contribution in [0.15, 0.2) is 29.3 Å². The summed E-state index contributed by atoms with van der Waals surface area (Å²) in [4.78, 5) is 29.2. The fourth-order valence-corrected chi connectivity index (χ4v) is 3.42. The van der Waals surface area contributed by atoms with E-state index in [0.29, 0.717) is 6.61 Å². The SMILES string of the molecule is CCOCCOC(=O)[C@H]1C(C)=N[C@]2(O)c3ccccc3C(=O)[C@@]12O. The molecule has 0 spiro atoms. The van der Waals surface area contributed by atoms with Crippen LogP contribution in [-0.4, -0.2) is 53.1 Å². The molecule has 0 saturated carbocycles. The van der Waals surface area contributed by atoms with Crippen molar-refractivity contribution >= 4 is 17.5 Å². The minimum atomic E-state index is -2.39. The van der Waals surface area contributed by atoms with E-state index in [2.05, 4.69) is 4.99 Å². The van der Waals surface area contributed by atoms with Gasteiger partial charge in [-0.3, -0.25) is 14.6 Å². The molecule has 0 saturated heterocycles. The van der Waals surface area contributed by atoms with Gasteiger partial charge in [0.1, 0.15) is 12.5 Å². The van der Waals surface area contributed by atoms with Crippen molar-refractivity contribution in [3.05, 3.63) is 35.4 Å². The van der Waals surface area contributed by atoms with Crippen LogP contribution >= 0.6 is 0 Å². The molecule has 24 heavy (non-hydrogen) atoms. The summed E-state index contributed by atoms with van der Waals surface area (Å²) in [5, 5.41) is 22.0. The number of nitrogens with zero attached hydrogens (tertiary/aromatic N) is 1. The number of esters is 1. The van der Waals surface area contributed by atoms with Crippen LogP contribution in [0.4, 0.5) is 0 Å². The maximum atomic E-state index is 12.7. The van der Waals surface area contributed by atoms with Crippen molar-refractivity contribution in [3.63, 3.8) is 0 Å². The first-order chi connectivity index (χ1) is 11.4. The maximum Gasteiger partial charge on any atom is 0.318 e. The van der Waals surface area contributed by atoms with Crippen LogP contribution in [0.2, 0.25) is 0 Å². The number of fused-ring (bicyclic) bond motifs is 3. The lowest BCUT2D eigenvalue weighted by atomic mass is 9.79. The van der Waals surface area contributed by atoms with Crippen molar-refractivity contribution in [2.75, 3.05) is 19.8 Å². The predicted octanol–water partition coefficient (Wildman–Crippen LogP) is 0.430. The van der Waals surface area contributed by atoms with E-state index in [9.17, 15) is 19.8 Å².